The highest BCUT2D eigenvalue weighted by molar-refractivity contribution is 5.78. The first-order valence-corrected chi connectivity index (χ1v) is 10.7. The highest BCUT2D eigenvalue weighted by atomic mass is 19.1. The predicted octanol–water partition coefficient (Wildman–Crippen LogP) is 1.03. The van der Waals surface area contributed by atoms with E-state index in [1.54, 1.807) is 17.2 Å². The van der Waals surface area contributed by atoms with Crippen molar-refractivity contribution in [2.45, 2.75) is 18.6 Å². The summed E-state index contributed by atoms with van der Waals surface area (Å²) in [6.45, 7) is 2.49. The van der Waals surface area contributed by atoms with Gasteiger partial charge in [-0.2, -0.15) is 9.94 Å². The molecule has 0 unspecified atom stereocenters. The molecule has 4 heterocycles. The van der Waals surface area contributed by atoms with Crippen molar-refractivity contribution in [3.63, 3.8) is 0 Å². The molecule has 0 radical (unpaired) electrons. The van der Waals surface area contributed by atoms with Gasteiger partial charge in [-0.15, -0.1) is 5.10 Å². The van der Waals surface area contributed by atoms with Gasteiger partial charge < -0.3 is 9.64 Å². The lowest BCUT2D eigenvalue weighted by Crippen LogP contribution is -2.59. The van der Waals surface area contributed by atoms with Crippen molar-refractivity contribution in [2.24, 2.45) is 0 Å². The Morgan fingerprint density at radius 1 is 1.21 bits per heavy atom. The molecule has 2 aromatic heterocycles. The molecule has 2 atom stereocenters. The molecule has 2 saturated heterocycles. The molecule has 0 bridgehead atoms. The summed E-state index contributed by atoms with van der Waals surface area (Å²) in [7, 11) is 0. The number of hydrogen-bond acceptors (Lipinski definition) is 8. The first-order chi connectivity index (χ1) is 16.5. The second-order valence-electron chi connectivity index (χ2n) is 8.24. The Morgan fingerprint density at radius 3 is 2.71 bits per heavy atom. The van der Waals surface area contributed by atoms with E-state index in [1.807, 2.05) is 6.07 Å². The number of amides is 1. The van der Waals surface area contributed by atoms with Gasteiger partial charge in [0, 0.05) is 32.4 Å². The van der Waals surface area contributed by atoms with Crippen molar-refractivity contribution < 1.29 is 18.3 Å². The standard InChI is InChI=1S/C22H20F2N8O2/c23-18-6-15(7-19(24)17(18)8-25)20-11-30-3-4-31(10-16(30)12-34-20)22(33)5-14-1-2-21(26-9-14)32-13-27-28-29-32/h1-2,6-7,9,13,16,20H,3-5,10-12H2/t16-,20+/m1/s1. The lowest BCUT2D eigenvalue weighted by atomic mass is 10.0. The van der Waals surface area contributed by atoms with Gasteiger partial charge in [0.25, 0.3) is 0 Å². The number of carbonyl (C=O) groups is 1. The average Bonchev–Trinajstić information content (AvgIpc) is 3.39. The van der Waals surface area contributed by atoms with Gasteiger partial charge in [-0.3, -0.25) is 9.69 Å². The van der Waals surface area contributed by atoms with Gasteiger partial charge in [0.05, 0.1) is 25.2 Å². The van der Waals surface area contributed by atoms with Crippen molar-refractivity contribution in [2.75, 3.05) is 32.8 Å². The topological polar surface area (TPSA) is 113 Å². The summed E-state index contributed by atoms with van der Waals surface area (Å²) in [5.74, 6) is -1.22. The molecule has 10 nitrogen and oxygen atoms in total. The van der Waals surface area contributed by atoms with Crippen molar-refractivity contribution >= 4 is 5.91 Å². The van der Waals surface area contributed by atoms with Gasteiger partial charge >= 0.3 is 0 Å². The molecule has 12 heteroatoms. The molecule has 1 amide bonds. The number of benzene rings is 1. The molecule has 174 valence electrons. The minimum absolute atomic E-state index is 0.00217. The van der Waals surface area contributed by atoms with Crippen LogP contribution < -0.4 is 0 Å². The number of nitrogens with zero attached hydrogens (tertiary/aromatic N) is 8. The molecule has 0 N–H and O–H groups in total. The number of hydrogen-bond donors (Lipinski definition) is 0. The van der Waals surface area contributed by atoms with Gasteiger partial charge in [0.1, 0.15) is 29.6 Å². The number of tetrazole rings is 1. The maximum absolute atomic E-state index is 14.0. The molecule has 5 rings (SSSR count). The molecular weight excluding hydrogens is 446 g/mol. The van der Waals surface area contributed by atoms with E-state index in [1.165, 1.54) is 17.1 Å². The Kier molecular flexibility index (Phi) is 5.95. The summed E-state index contributed by atoms with van der Waals surface area (Å²) in [6, 6.07) is 7.42. The summed E-state index contributed by atoms with van der Waals surface area (Å²) in [5.41, 5.74) is 0.558. The molecule has 0 spiro atoms. The number of rotatable bonds is 4. The van der Waals surface area contributed by atoms with Crippen molar-refractivity contribution in [3.05, 3.63) is 65.1 Å². The third-order valence-electron chi connectivity index (χ3n) is 6.14. The first-order valence-electron chi connectivity index (χ1n) is 10.7. The molecule has 2 fully saturated rings. The predicted molar refractivity (Wildman–Crippen MR) is 112 cm³/mol. The number of carbonyl (C=O) groups excluding carboxylic acids is 1. The number of ether oxygens (including phenoxy) is 1. The van der Waals surface area contributed by atoms with Crippen LogP contribution in [0.3, 0.4) is 0 Å². The van der Waals surface area contributed by atoms with Gasteiger partial charge in [-0.25, -0.2) is 13.8 Å². The fraction of sp³-hybridized carbons (Fsp3) is 0.364. The molecule has 0 saturated carbocycles. The van der Waals surface area contributed by atoms with Crippen LogP contribution in [0.2, 0.25) is 0 Å². The highest BCUT2D eigenvalue weighted by Gasteiger charge is 2.36. The Balaban J connectivity index is 1.18. The van der Waals surface area contributed by atoms with Crippen LogP contribution in [0.5, 0.6) is 0 Å². The minimum atomic E-state index is -0.890. The van der Waals surface area contributed by atoms with E-state index >= 15 is 0 Å². The highest BCUT2D eigenvalue weighted by Crippen LogP contribution is 2.29. The molecule has 3 aromatic rings. The second kappa shape index (κ2) is 9.20. The minimum Gasteiger partial charge on any atom is -0.370 e. The van der Waals surface area contributed by atoms with Crippen LogP contribution in [0.25, 0.3) is 5.82 Å². The first kappa shape index (κ1) is 22.0. The largest absolute Gasteiger partial charge is 0.370 e. The lowest BCUT2D eigenvalue weighted by molar-refractivity contribution is -0.139. The number of morpholine rings is 1. The number of fused-ring (bicyclic) bond motifs is 1. The Hall–Kier alpha value is -3.82. The fourth-order valence-corrected chi connectivity index (χ4v) is 4.31. The number of halogens is 2. The third kappa shape index (κ3) is 4.35. The van der Waals surface area contributed by atoms with Crippen LogP contribution in [0.4, 0.5) is 8.78 Å². The average molecular weight is 466 g/mol. The molecule has 34 heavy (non-hydrogen) atoms. The maximum atomic E-state index is 14.0. The zero-order chi connectivity index (χ0) is 23.7. The fourth-order valence-electron chi connectivity index (χ4n) is 4.31. The monoisotopic (exact) mass is 466 g/mol. The Bertz CT molecular complexity index is 1210. The van der Waals surface area contributed by atoms with Crippen molar-refractivity contribution in [1.29, 1.82) is 5.26 Å². The number of nitriles is 1. The van der Waals surface area contributed by atoms with E-state index in [0.717, 1.165) is 17.7 Å². The normalized spacial score (nSPS) is 20.6. The zero-order valence-corrected chi connectivity index (χ0v) is 18.0. The molecule has 2 aliphatic heterocycles. The molecule has 2 aliphatic rings. The summed E-state index contributed by atoms with van der Waals surface area (Å²) >= 11 is 0. The van der Waals surface area contributed by atoms with E-state index in [-0.39, 0.29) is 18.4 Å². The van der Waals surface area contributed by atoms with E-state index in [4.69, 9.17) is 10.00 Å². The van der Waals surface area contributed by atoms with Crippen molar-refractivity contribution in [3.8, 4) is 11.9 Å². The van der Waals surface area contributed by atoms with Crippen LogP contribution in [0.15, 0.2) is 36.8 Å². The number of pyridine rings is 1. The molecular formula is C22H20F2N8O2. The quantitative estimate of drug-likeness (QED) is 0.561. The van der Waals surface area contributed by atoms with E-state index < -0.39 is 23.3 Å². The van der Waals surface area contributed by atoms with Crippen LogP contribution in [0.1, 0.15) is 22.8 Å². The SMILES string of the molecule is N#Cc1c(F)cc([C@@H]2CN3CCN(C(=O)Cc4ccc(-n5cnnn5)nc4)C[C@@H]3CO2)cc1F. The third-order valence-corrected chi connectivity index (χ3v) is 6.14. The summed E-state index contributed by atoms with van der Waals surface area (Å²) in [5, 5.41) is 19.8. The molecule has 0 aliphatic carbocycles. The van der Waals surface area contributed by atoms with Gasteiger partial charge in [0.15, 0.2) is 5.82 Å². The zero-order valence-electron chi connectivity index (χ0n) is 18.0. The van der Waals surface area contributed by atoms with E-state index in [2.05, 4.69) is 25.4 Å². The second-order valence-corrected chi connectivity index (χ2v) is 8.24. The molecule has 1 aromatic carbocycles. The summed E-state index contributed by atoms with van der Waals surface area (Å²) < 4.78 is 35.4. The van der Waals surface area contributed by atoms with Crippen LogP contribution >= 0.6 is 0 Å². The van der Waals surface area contributed by atoms with Gasteiger partial charge in [-0.05, 0) is 39.8 Å². The lowest BCUT2D eigenvalue weighted by Gasteiger charge is -2.46. The maximum Gasteiger partial charge on any atom is 0.227 e. The van der Waals surface area contributed by atoms with E-state index in [0.29, 0.717) is 44.2 Å². The number of piperazine rings is 1. The van der Waals surface area contributed by atoms with E-state index in [9.17, 15) is 13.6 Å². The smallest absolute Gasteiger partial charge is 0.227 e. The van der Waals surface area contributed by atoms with Crippen molar-refractivity contribution in [1.82, 2.24) is 35.0 Å². The van der Waals surface area contributed by atoms with Gasteiger partial charge in [-0.1, -0.05) is 6.07 Å². The summed E-state index contributed by atoms with van der Waals surface area (Å²) in [6.07, 6.45) is 2.80. The van der Waals surface area contributed by atoms with Crippen LogP contribution in [-0.2, 0) is 16.0 Å². The summed E-state index contributed by atoms with van der Waals surface area (Å²) in [4.78, 5) is 21.1. The number of aromatic nitrogens is 5. The van der Waals surface area contributed by atoms with Gasteiger partial charge in [0.2, 0.25) is 5.91 Å². The van der Waals surface area contributed by atoms with Crippen LogP contribution in [0, 0.1) is 23.0 Å². The Labute approximate surface area is 193 Å². The van der Waals surface area contributed by atoms with Crippen LogP contribution in [-0.4, -0.2) is 79.7 Å². The Morgan fingerprint density at radius 2 is 2.03 bits per heavy atom.